The number of hydrogen-bond donors (Lipinski definition) is 0. The Morgan fingerprint density at radius 1 is 0.789 bits per heavy atom. The Labute approximate surface area is 233 Å². The summed E-state index contributed by atoms with van der Waals surface area (Å²) in [6.45, 7) is 7.36. The number of ether oxygens (including phenoxy) is 2. The van der Waals surface area contributed by atoms with Gasteiger partial charge in [0.1, 0.15) is 25.0 Å². The summed E-state index contributed by atoms with van der Waals surface area (Å²) in [7, 11) is 4.16. The van der Waals surface area contributed by atoms with Crippen molar-refractivity contribution in [1.82, 2.24) is 0 Å². The van der Waals surface area contributed by atoms with Crippen LogP contribution >= 0.6 is 0 Å². The number of aryl methyl sites for hydroxylation is 1. The van der Waals surface area contributed by atoms with E-state index in [0.29, 0.717) is 4.48 Å². The number of likely N-dealkylation sites (N-methyl/N-ethyl adjacent to an activating group) is 1. The molecule has 2 aromatic carbocycles. The summed E-state index contributed by atoms with van der Waals surface area (Å²) in [5.74, 6) is 0.756. The molecule has 38 heavy (non-hydrogen) atoms. The van der Waals surface area contributed by atoms with Crippen molar-refractivity contribution in [2.75, 3.05) is 20.7 Å². The average Bonchev–Trinajstić information content (AvgIpc) is 2.92. The molecule has 0 aliphatic rings. The molecule has 0 bridgehead atoms. The van der Waals surface area contributed by atoms with Crippen LogP contribution in [0.2, 0.25) is 0 Å². The number of rotatable bonds is 20. The van der Waals surface area contributed by atoms with E-state index in [0.717, 1.165) is 25.1 Å². The second-order valence-electron chi connectivity index (χ2n) is 11.4. The maximum Gasteiger partial charge on any atom is 0.364 e. The van der Waals surface area contributed by atoms with Gasteiger partial charge in [-0.15, -0.1) is 0 Å². The predicted molar refractivity (Wildman–Crippen MR) is 159 cm³/mol. The topological polar surface area (TPSA) is 35.5 Å². The van der Waals surface area contributed by atoms with Crippen LogP contribution in [0.1, 0.15) is 103 Å². The molecule has 2 rings (SSSR count). The van der Waals surface area contributed by atoms with E-state index >= 15 is 0 Å². The number of unbranched alkanes of at least 4 members (excludes halogenated alkanes) is 9. The van der Waals surface area contributed by atoms with Crippen molar-refractivity contribution in [2.24, 2.45) is 0 Å². The quantitative estimate of drug-likeness (QED) is 0.0989. The van der Waals surface area contributed by atoms with Crippen LogP contribution in [-0.4, -0.2) is 43.3 Å². The van der Waals surface area contributed by atoms with Crippen molar-refractivity contribution < 1.29 is 18.8 Å². The number of nitrogens with zero attached hydrogens (tertiary/aromatic N) is 1. The zero-order valence-corrected chi connectivity index (χ0v) is 24.9. The van der Waals surface area contributed by atoms with Crippen LogP contribution < -0.4 is 4.74 Å². The smallest absolute Gasteiger partial charge is 0.364 e. The molecule has 4 heteroatoms. The molecule has 0 aliphatic heterocycles. The third-order valence-electron chi connectivity index (χ3n) is 7.76. The highest BCUT2D eigenvalue weighted by Crippen LogP contribution is 2.23. The van der Waals surface area contributed by atoms with Gasteiger partial charge in [0.15, 0.2) is 6.04 Å². The molecule has 0 aromatic heterocycles. The molecule has 0 fully saturated rings. The first-order valence-electron chi connectivity index (χ1n) is 15.1. The zero-order chi connectivity index (χ0) is 27.6. The van der Waals surface area contributed by atoms with Crippen molar-refractivity contribution in [3.05, 3.63) is 65.7 Å². The van der Waals surface area contributed by atoms with Crippen LogP contribution in [0.15, 0.2) is 54.6 Å². The van der Waals surface area contributed by atoms with Crippen LogP contribution in [-0.2, 0) is 22.5 Å². The lowest BCUT2D eigenvalue weighted by Gasteiger charge is -2.34. The highest BCUT2D eigenvalue weighted by Gasteiger charge is 2.32. The number of benzene rings is 2. The summed E-state index contributed by atoms with van der Waals surface area (Å²) >= 11 is 0. The minimum absolute atomic E-state index is 0.148. The van der Waals surface area contributed by atoms with Crippen molar-refractivity contribution in [3.63, 3.8) is 0 Å². The van der Waals surface area contributed by atoms with Crippen molar-refractivity contribution in [1.29, 1.82) is 0 Å². The first-order chi connectivity index (χ1) is 18.4. The number of para-hydroxylation sites is 1. The Balaban J connectivity index is 1.76. The number of esters is 1. The van der Waals surface area contributed by atoms with Gasteiger partial charge < -0.3 is 14.0 Å². The molecule has 0 spiro atoms. The molecule has 0 aliphatic carbocycles. The molecule has 0 N–H and O–H groups in total. The third kappa shape index (κ3) is 12.0. The van der Waals surface area contributed by atoms with Crippen molar-refractivity contribution >= 4 is 5.97 Å². The maximum absolute atomic E-state index is 12.9. The second-order valence-corrected chi connectivity index (χ2v) is 11.4. The van der Waals surface area contributed by atoms with E-state index in [2.05, 4.69) is 58.3 Å². The van der Waals surface area contributed by atoms with Crippen LogP contribution in [0.25, 0.3) is 0 Å². The van der Waals surface area contributed by atoms with E-state index in [1.54, 1.807) is 0 Å². The molecule has 0 saturated heterocycles. The lowest BCUT2D eigenvalue weighted by atomic mass is 10.0. The molecule has 4 nitrogen and oxygen atoms in total. The van der Waals surface area contributed by atoms with Crippen LogP contribution in [0, 0.1) is 0 Å². The molecule has 0 radical (unpaired) electrons. The number of hydrogen-bond acceptors (Lipinski definition) is 3. The highest BCUT2D eigenvalue weighted by atomic mass is 16.6. The van der Waals surface area contributed by atoms with Crippen molar-refractivity contribution in [3.8, 4) is 5.75 Å². The van der Waals surface area contributed by atoms with E-state index in [4.69, 9.17) is 9.47 Å². The van der Waals surface area contributed by atoms with Gasteiger partial charge in [-0.2, -0.15) is 0 Å². The van der Waals surface area contributed by atoms with Gasteiger partial charge >= 0.3 is 5.97 Å². The van der Waals surface area contributed by atoms with Gasteiger partial charge in [-0.05, 0) is 37.8 Å². The van der Waals surface area contributed by atoms with Gasteiger partial charge in [-0.1, -0.05) is 120 Å². The lowest BCUT2D eigenvalue weighted by molar-refractivity contribution is -0.917. The standard InChI is InChI=1S/C34H54NO3/c1-6-8-9-10-11-12-13-14-15-19-24-31-25-20-21-26-33(31)38-32(7-2)28-37-34(36)29(3)35(4,5)27-30-22-17-16-18-23-30/h16-18,20-23,25-26,29,32H,6-15,19,24,27-28H2,1-5H3/q+1. The van der Waals surface area contributed by atoms with Gasteiger partial charge in [0.25, 0.3) is 0 Å². The average molecular weight is 525 g/mol. The van der Waals surface area contributed by atoms with E-state index in [-0.39, 0.29) is 24.7 Å². The minimum atomic E-state index is -0.267. The Morgan fingerprint density at radius 3 is 2.00 bits per heavy atom. The first-order valence-corrected chi connectivity index (χ1v) is 15.1. The van der Waals surface area contributed by atoms with Crippen LogP contribution in [0.3, 0.4) is 0 Å². The summed E-state index contributed by atoms with van der Waals surface area (Å²) in [5.41, 5.74) is 2.47. The van der Waals surface area contributed by atoms with Crippen LogP contribution in [0.5, 0.6) is 5.75 Å². The van der Waals surface area contributed by atoms with Gasteiger partial charge in [-0.25, -0.2) is 4.79 Å². The molecule has 0 heterocycles. The second kappa shape index (κ2) is 18.0. The van der Waals surface area contributed by atoms with E-state index in [1.165, 1.54) is 75.3 Å². The molecule has 0 amide bonds. The largest absolute Gasteiger partial charge is 0.487 e. The van der Waals surface area contributed by atoms with E-state index in [1.807, 2.05) is 31.2 Å². The summed E-state index contributed by atoms with van der Waals surface area (Å²) in [5, 5.41) is 0. The fourth-order valence-corrected chi connectivity index (χ4v) is 4.81. The fourth-order valence-electron chi connectivity index (χ4n) is 4.81. The number of quaternary nitrogens is 1. The van der Waals surface area contributed by atoms with Gasteiger partial charge in [0.2, 0.25) is 0 Å². The number of carbonyl (C=O) groups is 1. The Kier molecular flexibility index (Phi) is 15.1. The summed E-state index contributed by atoms with van der Waals surface area (Å²) in [6, 6.07) is 18.4. The molecule has 0 saturated carbocycles. The Hall–Kier alpha value is -2.33. The van der Waals surface area contributed by atoms with Gasteiger partial charge in [-0.3, -0.25) is 0 Å². The monoisotopic (exact) mass is 524 g/mol. The third-order valence-corrected chi connectivity index (χ3v) is 7.76. The fraction of sp³-hybridized carbons (Fsp3) is 0.618. The lowest BCUT2D eigenvalue weighted by Crippen LogP contribution is -2.51. The Bertz CT molecular complexity index is 896. The molecule has 2 unspecified atom stereocenters. The maximum atomic E-state index is 12.9. The predicted octanol–water partition coefficient (Wildman–Crippen LogP) is 8.52. The SMILES string of the molecule is CCCCCCCCCCCCc1ccccc1OC(CC)COC(=O)C(C)[N+](C)(C)Cc1ccccc1. The highest BCUT2D eigenvalue weighted by molar-refractivity contribution is 5.74. The summed E-state index contributed by atoms with van der Waals surface area (Å²) in [6.07, 6.45) is 15.1. The summed E-state index contributed by atoms with van der Waals surface area (Å²) in [4.78, 5) is 12.9. The molecule has 212 valence electrons. The van der Waals surface area contributed by atoms with Gasteiger partial charge in [0, 0.05) is 5.56 Å². The molecule has 2 aromatic rings. The molecule has 2 atom stereocenters. The van der Waals surface area contributed by atoms with Crippen LogP contribution in [0.4, 0.5) is 0 Å². The first kappa shape index (κ1) is 31.9. The summed E-state index contributed by atoms with van der Waals surface area (Å²) < 4.78 is 12.7. The normalized spacial score (nSPS) is 13.2. The van der Waals surface area contributed by atoms with Gasteiger partial charge in [0.05, 0.1) is 14.1 Å². The van der Waals surface area contributed by atoms with Crippen molar-refractivity contribution in [2.45, 2.75) is 117 Å². The Morgan fingerprint density at radius 2 is 1.37 bits per heavy atom. The van der Waals surface area contributed by atoms with E-state index < -0.39 is 0 Å². The molecular weight excluding hydrogens is 470 g/mol. The number of carbonyl (C=O) groups excluding carboxylic acids is 1. The minimum Gasteiger partial charge on any atom is -0.487 e. The molecular formula is C34H54NO3+. The van der Waals surface area contributed by atoms with E-state index in [9.17, 15) is 4.79 Å². The zero-order valence-electron chi connectivity index (χ0n) is 24.9.